The van der Waals surface area contributed by atoms with Crippen LogP contribution in [-0.2, 0) is 5.41 Å². The molecule has 0 saturated carbocycles. The minimum absolute atomic E-state index is 0.129. The average molecular weight is 181 g/mol. The van der Waals surface area contributed by atoms with E-state index in [1.54, 1.807) is 0 Å². The van der Waals surface area contributed by atoms with E-state index in [0.717, 1.165) is 11.5 Å². The van der Waals surface area contributed by atoms with Crippen LogP contribution in [0.1, 0.15) is 57.6 Å². The number of aromatic nitrogens is 1. The molecular formula is C11H19NO. The molecular weight excluding hydrogens is 162 g/mol. The number of aryl methyl sites for hydroxylation is 1. The highest BCUT2D eigenvalue weighted by atomic mass is 16.5. The number of hydrogen-bond donors (Lipinski definition) is 0. The highest BCUT2D eigenvalue weighted by Gasteiger charge is 2.26. The second kappa shape index (κ2) is 3.17. The molecule has 0 radical (unpaired) electrons. The van der Waals surface area contributed by atoms with E-state index in [2.05, 4.69) is 39.8 Å². The van der Waals surface area contributed by atoms with Crippen LogP contribution in [0.4, 0.5) is 0 Å². The Kier molecular flexibility index (Phi) is 2.51. The summed E-state index contributed by atoms with van der Waals surface area (Å²) in [6, 6.07) is 0. The monoisotopic (exact) mass is 181 g/mol. The van der Waals surface area contributed by atoms with E-state index < -0.39 is 0 Å². The SMILES string of the molecule is Cc1noc(C(C)C)c1C(C)(C)C. The summed E-state index contributed by atoms with van der Waals surface area (Å²) in [5.74, 6) is 1.44. The maximum Gasteiger partial charge on any atom is 0.143 e. The van der Waals surface area contributed by atoms with E-state index in [1.807, 2.05) is 6.92 Å². The summed E-state index contributed by atoms with van der Waals surface area (Å²) >= 11 is 0. The third-order valence-electron chi connectivity index (χ3n) is 2.16. The minimum atomic E-state index is 0.129. The molecule has 1 aromatic heterocycles. The van der Waals surface area contributed by atoms with Gasteiger partial charge in [0.15, 0.2) is 0 Å². The van der Waals surface area contributed by atoms with E-state index in [4.69, 9.17) is 4.52 Å². The minimum Gasteiger partial charge on any atom is -0.361 e. The third-order valence-corrected chi connectivity index (χ3v) is 2.16. The molecule has 1 aromatic rings. The fourth-order valence-electron chi connectivity index (χ4n) is 1.69. The van der Waals surface area contributed by atoms with Gasteiger partial charge >= 0.3 is 0 Å². The number of nitrogens with zero attached hydrogens (tertiary/aromatic N) is 1. The molecule has 0 saturated heterocycles. The van der Waals surface area contributed by atoms with Gasteiger partial charge in [0.1, 0.15) is 5.76 Å². The fourth-order valence-corrected chi connectivity index (χ4v) is 1.69. The highest BCUT2D eigenvalue weighted by molar-refractivity contribution is 5.31. The van der Waals surface area contributed by atoms with Gasteiger partial charge in [-0.05, 0) is 12.3 Å². The van der Waals surface area contributed by atoms with Crippen LogP contribution in [0.15, 0.2) is 4.52 Å². The predicted molar refractivity (Wildman–Crippen MR) is 54.0 cm³/mol. The largest absolute Gasteiger partial charge is 0.361 e. The van der Waals surface area contributed by atoms with Gasteiger partial charge in [0.2, 0.25) is 0 Å². The van der Waals surface area contributed by atoms with Crippen molar-refractivity contribution in [2.24, 2.45) is 0 Å². The Balaban J connectivity index is 3.25. The molecule has 74 valence electrons. The summed E-state index contributed by atoms with van der Waals surface area (Å²) in [7, 11) is 0. The van der Waals surface area contributed by atoms with Gasteiger partial charge in [-0.25, -0.2) is 0 Å². The van der Waals surface area contributed by atoms with Crippen LogP contribution >= 0.6 is 0 Å². The van der Waals surface area contributed by atoms with Crippen molar-refractivity contribution in [3.05, 3.63) is 17.0 Å². The fraction of sp³-hybridized carbons (Fsp3) is 0.727. The molecule has 2 nitrogen and oxygen atoms in total. The normalized spacial score (nSPS) is 12.5. The van der Waals surface area contributed by atoms with Gasteiger partial charge in [-0.2, -0.15) is 0 Å². The zero-order valence-electron chi connectivity index (χ0n) is 9.43. The van der Waals surface area contributed by atoms with Gasteiger partial charge in [0.05, 0.1) is 5.69 Å². The second-order valence-electron chi connectivity index (χ2n) is 4.91. The van der Waals surface area contributed by atoms with E-state index >= 15 is 0 Å². The zero-order chi connectivity index (χ0) is 10.2. The predicted octanol–water partition coefficient (Wildman–Crippen LogP) is 3.40. The van der Waals surface area contributed by atoms with E-state index in [0.29, 0.717) is 5.92 Å². The quantitative estimate of drug-likeness (QED) is 0.663. The first-order valence-electron chi connectivity index (χ1n) is 4.80. The summed E-state index contributed by atoms with van der Waals surface area (Å²) in [6.45, 7) is 12.9. The number of rotatable bonds is 1. The molecule has 13 heavy (non-hydrogen) atoms. The van der Waals surface area contributed by atoms with Crippen LogP contribution in [0, 0.1) is 6.92 Å². The van der Waals surface area contributed by atoms with Crippen molar-refractivity contribution in [1.29, 1.82) is 0 Å². The van der Waals surface area contributed by atoms with Crippen LogP contribution in [0.3, 0.4) is 0 Å². The zero-order valence-corrected chi connectivity index (χ0v) is 9.43. The van der Waals surface area contributed by atoms with E-state index in [-0.39, 0.29) is 5.41 Å². The van der Waals surface area contributed by atoms with Crippen molar-refractivity contribution in [2.75, 3.05) is 0 Å². The molecule has 0 spiro atoms. The summed E-state index contributed by atoms with van der Waals surface area (Å²) in [5, 5.41) is 4.03. The van der Waals surface area contributed by atoms with Crippen LogP contribution in [0.5, 0.6) is 0 Å². The summed E-state index contributed by atoms with van der Waals surface area (Å²) in [4.78, 5) is 0. The first kappa shape index (κ1) is 10.3. The molecule has 2 heteroatoms. The van der Waals surface area contributed by atoms with Gasteiger partial charge in [-0.1, -0.05) is 39.8 Å². The molecule has 0 aliphatic rings. The van der Waals surface area contributed by atoms with Crippen LogP contribution in [0.25, 0.3) is 0 Å². The van der Waals surface area contributed by atoms with Gasteiger partial charge < -0.3 is 4.52 Å². The molecule has 0 bridgehead atoms. The van der Waals surface area contributed by atoms with E-state index in [9.17, 15) is 0 Å². The lowest BCUT2D eigenvalue weighted by molar-refractivity contribution is 0.363. The first-order valence-corrected chi connectivity index (χ1v) is 4.80. The first-order chi connectivity index (χ1) is 5.84. The molecule has 1 heterocycles. The average Bonchev–Trinajstić information content (AvgIpc) is 2.28. The van der Waals surface area contributed by atoms with Gasteiger partial charge in [-0.15, -0.1) is 0 Å². The topological polar surface area (TPSA) is 26.0 Å². The maximum absolute atomic E-state index is 5.33. The molecule has 0 aliphatic heterocycles. The standard InChI is InChI=1S/C11H19NO/c1-7(2)10-9(11(4,5)6)8(3)12-13-10/h7H,1-6H3. The highest BCUT2D eigenvalue weighted by Crippen LogP contribution is 2.32. The lowest BCUT2D eigenvalue weighted by atomic mass is 9.83. The smallest absolute Gasteiger partial charge is 0.143 e. The van der Waals surface area contributed by atoms with Crippen molar-refractivity contribution in [1.82, 2.24) is 5.16 Å². The Labute approximate surface area is 80.3 Å². The van der Waals surface area contributed by atoms with Crippen molar-refractivity contribution in [3.8, 4) is 0 Å². The molecule has 0 N–H and O–H groups in total. The molecule has 0 atom stereocenters. The lowest BCUT2D eigenvalue weighted by Crippen LogP contribution is -2.14. The summed E-state index contributed by atoms with van der Waals surface area (Å²) in [6.07, 6.45) is 0. The second-order valence-corrected chi connectivity index (χ2v) is 4.91. The van der Waals surface area contributed by atoms with Gasteiger partial charge in [-0.3, -0.25) is 0 Å². The molecule has 0 aliphatic carbocycles. The Morgan fingerprint density at radius 2 is 1.77 bits per heavy atom. The molecule has 1 rings (SSSR count). The molecule has 0 fully saturated rings. The lowest BCUT2D eigenvalue weighted by Gasteiger charge is -2.19. The Hall–Kier alpha value is -0.790. The Morgan fingerprint density at radius 3 is 2.08 bits per heavy atom. The van der Waals surface area contributed by atoms with Crippen LogP contribution < -0.4 is 0 Å². The third kappa shape index (κ3) is 1.93. The van der Waals surface area contributed by atoms with Crippen molar-refractivity contribution in [3.63, 3.8) is 0 Å². The molecule has 0 amide bonds. The van der Waals surface area contributed by atoms with Crippen LogP contribution in [0.2, 0.25) is 0 Å². The molecule has 0 aromatic carbocycles. The van der Waals surface area contributed by atoms with Crippen molar-refractivity contribution in [2.45, 2.75) is 52.9 Å². The van der Waals surface area contributed by atoms with E-state index in [1.165, 1.54) is 5.56 Å². The molecule has 0 unspecified atom stereocenters. The van der Waals surface area contributed by atoms with Crippen molar-refractivity contribution >= 4 is 0 Å². The Bertz CT molecular complexity index is 292. The van der Waals surface area contributed by atoms with Gasteiger partial charge in [0.25, 0.3) is 0 Å². The number of hydrogen-bond acceptors (Lipinski definition) is 2. The van der Waals surface area contributed by atoms with Crippen LogP contribution in [-0.4, -0.2) is 5.16 Å². The summed E-state index contributed by atoms with van der Waals surface area (Å²) in [5.41, 5.74) is 2.42. The summed E-state index contributed by atoms with van der Waals surface area (Å²) < 4.78 is 5.33. The Morgan fingerprint density at radius 1 is 1.23 bits per heavy atom. The maximum atomic E-state index is 5.33. The van der Waals surface area contributed by atoms with Gasteiger partial charge in [0, 0.05) is 11.5 Å². The van der Waals surface area contributed by atoms with Crippen molar-refractivity contribution < 1.29 is 4.52 Å².